The van der Waals surface area contributed by atoms with Gasteiger partial charge in [-0.2, -0.15) is 8.42 Å². The fraction of sp³-hybridized carbons (Fsp3) is 0.419. The zero-order valence-corrected chi connectivity index (χ0v) is 24.7. The number of cyclic esters (lactones) is 1. The summed E-state index contributed by atoms with van der Waals surface area (Å²) in [6.45, 7) is 8.00. The molecular weight excluding hydrogens is 526 g/mol. The Kier molecular flexibility index (Phi) is 8.44. The number of nitrogens with one attached hydrogen (secondary N) is 1. The van der Waals surface area contributed by atoms with Gasteiger partial charge in [-0.1, -0.05) is 76.6 Å². The van der Waals surface area contributed by atoms with Crippen LogP contribution in [-0.2, 0) is 33.0 Å². The summed E-state index contributed by atoms with van der Waals surface area (Å²) in [7, 11) is -2.21. The molecule has 2 N–H and O–H groups in total. The molecule has 3 aromatic rings. The van der Waals surface area contributed by atoms with E-state index in [0.29, 0.717) is 24.1 Å². The van der Waals surface area contributed by atoms with Crippen LogP contribution in [0.5, 0.6) is 0 Å². The van der Waals surface area contributed by atoms with Gasteiger partial charge in [-0.05, 0) is 47.9 Å². The summed E-state index contributed by atoms with van der Waals surface area (Å²) in [5.41, 5.74) is 1.14. The van der Waals surface area contributed by atoms with E-state index in [0.717, 1.165) is 18.4 Å². The number of aliphatic hydroxyl groups is 1. The van der Waals surface area contributed by atoms with Crippen molar-refractivity contribution in [2.45, 2.75) is 76.3 Å². The van der Waals surface area contributed by atoms with Crippen molar-refractivity contribution in [3.05, 3.63) is 89.6 Å². The van der Waals surface area contributed by atoms with Crippen LogP contribution < -0.4 is 4.72 Å². The summed E-state index contributed by atoms with van der Waals surface area (Å²) in [6, 6.07) is 17.0. The maximum atomic E-state index is 13.7. The van der Waals surface area contributed by atoms with Gasteiger partial charge in [0.2, 0.25) is 0 Å². The Morgan fingerprint density at radius 2 is 1.85 bits per heavy atom. The van der Waals surface area contributed by atoms with Crippen LogP contribution in [0.1, 0.15) is 70.4 Å². The van der Waals surface area contributed by atoms with E-state index in [2.05, 4.69) is 21.8 Å². The summed E-state index contributed by atoms with van der Waals surface area (Å²) >= 11 is 0. The second-order valence-electron chi connectivity index (χ2n) is 11.8. The van der Waals surface area contributed by atoms with Crippen LogP contribution in [0.25, 0.3) is 0 Å². The van der Waals surface area contributed by atoms with Crippen molar-refractivity contribution < 1.29 is 23.1 Å². The van der Waals surface area contributed by atoms with E-state index in [4.69, 9.17) is 4.74 Å². The third-order valence-electron chi connectivity index (χ3n) is 7.33. The second kappa shape index (κ2) is 11.5. The van der Waals surface area contributed by atoms with Crippen molar-refractivity contribution in [1.82, 2.24) is 9.55 Å². The number of ether oxygens (including phenoxy) is 1. The van der Waals surface area contributed by atoms with Crippen LogP contribution in [0.4, 0.5) is 5.69 Å². The number of hydrogen-bond donors (Lipinski definition) is 2. The molecule has 1 aliphatic heterocycles. The number of imidazole rings is 1. The third kappa shape index (κ3) is 6.58. The smallest absolute Gasteiger partial charge is 0.338 e. The van der Waals surface area contributed by atoms with Crippen LogP contribution in [0, 0.1) is 5.41 Å². The van der Waals surface area contributed by atoms with Crippen molar-refractivity contribution >= 4 is 21.7 Å². The van der Waals surface area contributed by atoms with E-state index in [1.807, 2.05) is 52.0 Å². The summed E-state index contributed by atoms with van der Waals surface area (Å²) in [6.07, 6.45) is 5.89. The van der Waals surface area contributed by atoms with Gasteiger partial charge in [0.15, 0.2) is 5.03 Å². The lowest BCUT2D eigenvalue weighted by atomic mass is 9.70. The van der Waals surface area contributed by atoms with Crippen LogP contribution in [0.15, 0.2) is 83.5 Å². The first-order valence-electron chi connectivity index (χ1n) is 13.6. The molecule has 214 valence electrons. The largest absolute Gasteiger partial charge is 0.512 e. The number of anilines is 1. The third-order valence-corrected chi connectivity index (χ3v) is 8.60. The molecule has 0 radical (unpaired) electrons. The van der Waals surface area contributed by atoms with Gasteiger partial charge in [-0.15, -0.1) is 0 Å². The number of aryl methyl sites for hydroxylation is 2. The monoisotopic (exact) mass is 565 g/mol. The highest BCUT2D eigenvalue weighted by atomic mass is 32.2. The molecule has 2 aromatic carbocycles. The number of rotatable bonds is 10. The van der Waals surface area contributed by atoms with E-state index >= 15 is 0 Å². The lowest BCUT2D eigenvalue weighted by Crippen LogP contribution is -2.43. The quantitative estimate of drug-likeness (QED) is 0.280. The number of carbonyl (C=O) groups is 1. The number of hydrogen-bond acceptors (Lipinski definition) is 6. The fourth-order valence-corrected chi connectivity index (χ4v) is 6.62. The van der Waals surface area contributed by atoms with Gasteiger partial charge in [-0.25, -0.2) is 9.78 Å². The standard InChI is InChI=1S/C31H39N3O5S/c1-6-16-31(17-15-22-11-8-7-9-12-22)19-25(35)27(29(36)39-31)28(30(2,3)4)23-13-10-14-24(18-23)33-40(37,38)26-20-34(5)21-32-26/h7-14,18,20-21,28,33,35H,6,15-17,19H2,1-5H3/t28?,31-/m0/s1. The van der Waals surface area contributed by atoms with Gasteiger partial charge in [0.05, 0.1) is 11.9 Å². The normalized spacial score (nSPS) is 18.9. The molecule has 2 atom stereocenters. The number of sulfonamides is 1. The minimum atomic E-state index is -3.90. The Labute approximate surface area is 237 Å². The van der Waals surface area contributed by atoms with Crippen LogP contribution in [0.2, 0.25) is 0 Å². The minimum absolute atomic E-state index is 0.0390. The lowest BCUT2D eigenvalue weighted by molar-refractivity contribution is -0.161. The molecule has 0 spiro atoms. The number of esters is 1. The van der Waals surface area contributed by atoms with Gasteiger partial charge in [0.25, 0.3) is 10.0 Å². The van der Waals surface area contributed by atoms with Crippen LogP contribution >= 0.6 is 0 Å². The highest BCUT2D eigenvalue weighted by Gasteiger charge is 2.46. The lowest BCUT2D eigenvalue weighted by Gasteiger charge is -2.41. The Hall–Kier alpha value is -3.59. The Morgan fingerprint density at radius 1 is 1.12 bits per heavy atom. The molecule has 0 bridgehead atoms. The summed E-state index contributed by atoms with van der Waals surface area (Å²) in [4.78, 5) is 17.7. The molecule has 4 rings (SSSR count). The molecule has 0 saturated heterocycles. The first-order chi connectivity index (χ1) is 18.8. The highest BCUT2D eigenvalue weighted by Crippen LogP contribution is 2.47. The molecule has 1 unspecified atom stereocenters. The maximum absolute atomic E-state index is 13.7. The van der Waals surface area contributed by atoms with Crippen molar-refractivity contribution in [3.8, 4) is 0 Å². The van der Waals surface area contributed by atoms with Crippen LogP contribution in [-0.4, -0.2) is 34.6 Å². The number of aliphatic hydroxyl groups excluding tert-OH is 1. The molecule has 9 heteroatoms. The molecule has 1 aliphatic rings. The molecule has 0 saturated carbocycles. The van der Waals surface area contributed by atoms with Crippen LogP contribution in [0.3, 0.4) is 0 Å². The van der Waals surface area contributed by atoms with Gasteiger partial charge in [-0.3, -0.25) is 4.72 Å². The fourth-order valence-electron chi connectivity index (χ4n) is 5.58. The zero-order valence-electron chi connectivity index (χ0n) is 23.8. The van der Waals surface area contributed by atoms with Gasteiger partial charge in [0.1, 0.15) is 11.4 Å². The van der Waals surface area contributed by atoms with Gasteiger partial charge < -0.3 is 14.4 Å². The molecular formula is C31H39N3O5S. The summed E-state index contributed by atoms with van der Waals surface area (Å²) in [5.74, 6) is -1.02. The average Bonchev–Trinajstić information content (AvgIpc) is 3.32. The molecule has 1 aromatic heterocycles. The number of nitrogens with zero attached hydrogens (tertiary/aromatic N) is 2. The van der Waals surface area contributed by atoms with E-state index in [9.17, 15) is 18.3 Å². The number of carbonyl (C=O) groups excluding carboxylic acids is 1. The predicted molar refractivity (Wildman–Crippen MR) is 155 cm³/mol. The summed E-state index contributed by atoms with van der Waals surface area (Å²) in [5, 5.41) is 11.4. The molecule has 40 heavy (non-hydrogen) atoms. The average molecular weight is 566 g/mol. The SMILES string of the molecule is CCC[C@]1(CCc2ccccc2)CC(O)=C(C(c2cccc(NS(=O)(=O)c3cn(C)cn3)c2)C(C)(C)C)C(=O)O1. The van der Waals surface area contributed by atoms with E-state index < -0.39 is 32.9 Å². The van der Waals surface area contributed by atoms with Crippen molar-refractivity contribution in [2.75, 3.05) is 4.72 Å². The van der Waals surface area contributed by atoms with Gasteiger partial charge in [0, 0.05) is 31.3 Å². The van der Waals surface area contributed by atoms with Crippen molar-refractivity contribution in [1.29, 1.82) is 0 Å². The maximum Gasteiger partial charge on any atom is 0.338 e. The first-order valence-corrected chi connectivity index (χ1v) is 15.1. The zero-order chi connectivity index (χ0) is 29.1. The predicted octanol–water partition coefficient (Wildman–Crippen LogP) is 6.28. The Balaban J connectivity index is 1.66. The molecule has 2 heterocycles. The van der Waals surface area contributed by atoms with Crippen molar-refractivity contribution in [2.24, 2.45) is 12.5 Å². The molecule has 8 nitrogen and oxygen atoms in total. The van der Waals surface area contributed by atoms with E-state index in [-0.39, 0.29) is 22.8 Å². The highest BCUT2D eigenvalue weighted by molar-refractivity contribution is 7.92. The van der Waals surface area contributed by atoms with Crippen molar-refractivity contribution in [3.63, 3.8) is 0 Å². The number of aromatic nitrogens is 2. The topological polar surface area (TPSA) is 111 Å². The molecule has 0 amide bonds. The molecule has 0 aliphatic carbocycles. The second-order valence-corrected chi connectivity index (χ2v) is 13.4. The summed E-state index contributed by atoms with van der Waals surface area (Å²) < 4.78 is 36.1. The first kappa shape index (κ1) is 29.4. The number of benzene rings is 2. The van der Waals surface area contributed by atoms with Gasteiger partial charge >= 0.3 is 5.97 Å². The van der Waals surface area contributed by atoms with E-state index in [1.165, 1.54) is 12.5 Å². The van der Waals surface area contributed by atoms with E-state index in [1.54, 1.807) is 29.8 Å². The Morgan fingerprint density at radius 3 is 2.45 bits per heavy atom. The molecule has 0 fully saturated rings. The Bertz CT molecular complexity index is 1490. The minimum Gasteiger partial charge on any atom is -0.512 e.